The molecule has 6 rings (SSSR count). The molecule has 3 N–H and O–H groups in total. The van der Waals surface area contributed by atoms with E-state index in [1.807, 2.05) is 18.2 Å². The number of hydrogen-bond donors (Lipinski definition) is 2. The van der Waals surface area contributed by atoms with E-state index in [1.165, 1.54) is 10.4 Å². The summed E-state index contributed by atoms with van der Waals surface area (Å²) >= 11 is 6.26. The minimum absolute atomic E-state index is 0.0938. The van der Waals surface area contributed by atoms with Crippen LogP contribution in [0.2, 0.25) is 5.04 Å². The smallest absolute Gasteiger partial charge is 0.261 e. The quantitative estimate of drug-likeness (QED) is 0.0873. The van der Waals surface area contributed by atoms with Crippen LogP contribution in [-0.4, -0.2) is 42.6 Å². The molecule has 0 aliphatic carbocycles. The fraction of sp³-hybridized carbons (Fsp3) is 0.317. The van der Waals surface area contributed by atoms with Crippen molar-refractivity contribution in [2.24, 2.45) is 0 Å². The number of fused-ring (bicyclic) bond motifs is 3. The summed E-state index contributed by atoms with van der Waals surface area (Å²) in [6, 6.07) is 36.1. The number of halogens is 1. The summed E-state index contributed by atoms with van der Waals surface area (Å²) < 4.78 is 15.4. The van der Waals surface area contributed by atoms with Crippen LogP contribution in [0.1, 0.15) is 58.1 Å². The first-order valence-electron chi connectivity index (χ1n) is 17.5. The van der Waals surface area contributed by atoms with Crippen molar-refractivity contribution >= 4 is 64.0 Å². The summed E-state index contributed by atoms with van der Waals surface area (Å²) in [5, 5.41) is 7.32. The Hall–Kier alpha value is -4.37. The van der Waals surface area contributed by atoms with Crippen LogP contribution in [0.15, 0.2) is 103 Å². The monoisotopic (exact) mass is 705 g/mol. The van der Waals surface area contributed by atoms with Crippen molar-refractivity contribution < 1.29 is 9.16 Å². The van der Waals surface area contributed by atoms with Gasteiger partial charge in [0, 0.05) is 29.5 Å². The van der Waals surface area contributed by atoms with E-state index in [2.05, 4.69) is 123 Å². The van der Waals surface area contributed by atoms with Gasteiger partial charge in [0.05, 0.1) is 19.2 Å². The fourth-order valence-corrected chi connectivity index (χ4v) is 12.1. The molecule has 0 spiro atoms. The number of para-hydroxylation sites is 1. The van der Waals surface area contributed by atoms with Crippen molar-refractivity contribution in [2.45, 2.75) is 70.5 Å². The van der Waals surface area contributed by atoms with E-state index in [-0.39, 0.29) is 17.0 Å². The Labute approximate surface area is 301 Å². The Kier molecular flexibility index (Phi) is 10.8. The summed E-state index contributed by atoms with van der Waals surface area (Å²) in [6.45, 7) is 10.3. The number of nitrogens with two attached hydrogens (primary N) is 1. The van der Waals surface area contributed by atoms with Crippen molar-refractivity contribution in [2.75, 3.05) is 24.8 Å². The van der Waals surface area contributed by atoms with Gasteiger partial charge in [-0.3, -0.25) is 0 Å². The molecule has 4 aromatic carbocycles. The van der Waals surface area contributed by atoms with Gasteiger partial charge in [0.15, 0.2) is 5.82 Å². The molecule has 0 aliphatic rings. The molecule has 0 bridgehead atoms. The lowest BCUT2D eigenvalue weighted by Crippen LogP contribution is -2.66. The van der Waals surface area contributed by atoms with Crippen molar-refractivity contribution in [3.63, 3.8) is 0 Å². The number of nitrogen functional groups attached to an aromatic ring is 1. The van der Waals surface area contributed by atoms with Gasteiger partial charge in [0.25, 0.3) is 8.32 Å². The highest BCUT2D eigenvalue weighted by atomic mass is 35.5. The molecule has 7 nitrogen and oxygen atoms in total. The summed E-state index contributed by atoms with van der Waals surface area (Å²) in [6.07, 6.45) is 2.75. The predicted molar refractivity (Wildman–Crippen MR) is 212 cm³/mol. The third kappa shape index (κ3) is 6.97. The van der Waals surface area contributed by atoms with Crippen LogP contribution in [0.3, 0.4) is 0 Å². The minimum Gasteiger partial charge on any atom is -0.496 e. The third-order valence-electron chi connectivity index (χ3n) is 9.63. The van der Waals surface area contributed by atoms with Gasteiger partial charge in [-0.1, -0.05) is 119 Å². The molecule has 6 aromatic rings. The van der Waals surface area contributed by atoms with Crippen LogP contribution in [0, 0.1) is 0 Å². The number of nitrogens with zero attached hydrogens (tertiary/aromatic N) is 3. The maximum Gasteiger partial charge on any atom is 0.261 e. The number of benzene rings is 4. The van der Waals surface area contributed by atoms with Gasteiger partial charge >= 0.3 is 0 Å². The summed E-state index contributed by atoms with van der Waals surface area (Å²) in [7, 11) is -0.974. The van der Waals surface area contributed by atoms with E-state index in [0.717, 1.165) is 63.9 Å². The number of methoxy groups -OCH3 is 1. The van der Waals surface area contributed by atoms with Crippen LogP contribution in [0.4, 0.5) is 11.8 Å². The van der Waals surface area contributed by atoms with Crippen LogP contribution in [-0.2, 0) is 16.9 Å². The molecule has 2 aromatic heterocycles. The average Bonchev–Trinajstić information content (AvgIpc) is 3.43. The molecular weight excluding hydrogens is 658 g/mol. The van der Waals surface area contributed by atoms with Gasteiger partial charge in [0.1, 0.15) is 16.8 Å². The van der Waals surface area contributed by atoms with Gasteiger partial charge in [0.2, 0.25) is 5.95 Å². The summed E-state index contributed by atoms with van der Waals surface area (Å²) in [5.41, 5.74) is 11.3. The van der Waals surface area contributed by atoms with Crippen LogP contribution >= 0.6 is 11.6 Å². The normalized spacial score (nSPS) is 12.8. The Morgan fingerprint density at radius 1 is 0.880 bits per heavy atom. The Bertz CT molecular complexity index is 2010. The topological polar surface area (TPSA) is 87.2 Å². The molecule has 260 valence electrons. The first kappa shape index (κ1) is 35.5. The zero-order valence-corrected chi connectivity index (χ0v) is 31.5. The van der Waals surface area contributed by atoms with Crippen molar-refractivity contribution in [3.05, 3.63) is 114 Å². The largest absolute Gasteiger partial charge is 0.496 e. The molecule has 0 unspecified atom stereocenters. The average molecular weight is 706 g/mol. The van der Waals surface area contributed by atoms with Crippen molar-refractivity contribution in [1.29, 1.82) is 0 Å². The molecule has 0 saturated heterocycles. The molecule has 0 radical (unpaired) electrons. The van der Waals surface area contributed by atoms with E-state index in [1.54, 1.807) is 7.11 Å². The van der Waals surface area contributed by atoms with E-state index >= 15 is 0 Å². The van der Waals surface area contributed by atoms with Crippen LogP contribution < -0.4 is 26.2 Å². The van der Waals surface area contributed by atoms with Gasteiger partial charge in [-0.2, -0.15) is 4.98 Å². The highest BCUT2D eigenvalue weighted by Crippen LogP contribution is 2.38. The summed E-state index contributed by atoms with van der Waals surface area (Å²) in [5.74, 6) is 2.19. The predicted octanol–water partition coefficient (Wildman–Crippen LogP) is 8.51. The Morgan fingerprint density at radius 3 is 2.16 bits per heavy atom. The molecular formula is C41H48ClN5O2Si. The SMILES string of the molecule is CCC[C@@H](CCO[Si](c1ccccc1)(c1ccccc1)C(C)(C)C)Nc1nc(N)nc2c3ccccc3n(Cc3cc(CCl)ccc3OC)c12. The third-order valence-corrected chi connectivity index (χ3v) is 15.0. The number of nitrogens with one attached hydrogen (secondary N) is 1. The molecule has 0 saturated carbocycles. The number of rotatable bonds is 14. The molecule has 0 aliphatic heterocycles. The number of ether oxygens (including phenoxy) is 1. The lowest BCUT2D eigenvalue weighted by atomic mass is 10.1. The second-order valence-corrected chi connectivity index (χ2v) is 18.5. The Morgan fingerprint density at radius 2 is 1.54 bits per heavy atom. The zero-order valence-electron chi connectivity index (χ0n) is 29.7. The first-order chi connectivity index (χ1) is 24.2. The highest BCUT2D eigenvalue weighted by molar-refractivity contribution is 6.99. The van der Waals surface area contributed by atoms with E-state index in [9.17, 15) is 0 Å². The van der Waals surface area contributed by atoms with E-state index in [4.69, 9.17) is 36.5 Å². The maximum atomic E-state index is 7.30. The van der Waals surface area contributed by atoms with Gasteiger partial charge in [-0.05, 0) is 52.0 Å². The molecule has 2 heterocycles. The number of anilines is 2. The first-order valence-corrected chi connectivity index (χ1v) is 19.9. The zero-order chi connectivity index (χ0) is 35.3. The minimum atomic E-state index is -2.67. The van der Waals surface area contributed by atoms with Gasteiger partial charge in [-0.25, -0.2) is 4.98 Å². The van der Waals surface area contributed by atoms with Crippen LogP contribution in [0.25, 0.3) is 21.9 Å². The second kappa shape index (κ2) is 15.3. The van der Waals surface area contributed by atoms with Gasteiger partial charge in [-0.15, -0.1) is 11.6 Å². The second-order valence-electron chi connectivity index (χ2n) is 13.9. The molecule has 0 amide bonds. The number of aromatic nitrogens is 3. The molecule has 50 heavy (non-hydrogen) atoms. The summed E-state index contributed by atoms with van der Waals surface area (Å²) in [4.78, 5) is 9.62. The van der Waals surface area contributed by atoms with E-state index < -0.39 is 8.32 Å². The van der Waals surface area contributed by atoms with E-state index in [0.29, 0.717) is 19.0 Å². The van der Waals surface area contributed by atoms with Crippen molar-refractivity contribution in [1.82, 2.24) is 14.5 Å². The number of hydrogen-bond acceptors (Lipinski definition) is 6. The molecule has 0 fully saturated rings. The lowest BCUT2D eigenvalue weighted by Gasteiger charge is -2.43. The van der Waals surface area contributed by atoms with Crippen molar-refractivity contribution in [3.8, 4) is 5.75 Å². The molecule has 1 atom stereocenters. The Balaban J connectivity index is 1.38. The maximum absolute atomic E-state index is 7.30. The lowest BCUT2D eigenvalue weighted by molar-refractivity contribution is 0.281. The van der Waals surface area contributed by atoms with Gasteiger partial charge < -0.3 is 24.8 Å². The molecule has 9 heteroatoms. The fourth-order valence-electron chi connectivity index (χ4n) is 7.37. The number of alkyl halides is 1. The van der Waals surface area contributed by atoms with Crippen LogP contribution in [0.5, 0.6) is 5.75 Å². The standard InChI is InChI=1S/C41H48ClN5O2Si/c1-6-15-31(24-25-49-50(41(2,3)4,32-16-9-7-10-17-32)33-18-11-8-12-19-33)44-39-38-37(45-40(43)46-39)34-20-13-14-21-35(34)47(38)28-30-26-29(27-42)22-23-36(30)48-5/h7-14,16-23,26,31H,6,15,24-25,27-28H2,1-5H3,(H3,43,44,45,46)/t31-/m0/s1. The highest BCUT2D eigenvalue weighted by Gasteiger charge is 2.50.